The Bertz CT molecular complexity index is 7200. The maximum atomic E-state index is 12.4. The first kappa shape index (κ1) is 95.6. The molecule has 0 radical (unpaired) electrons. The van der Waals surface area contributed by atoms with E-state index in [-0.39, 0.29) is 47.3 Å². The van der Waals surface area contributed by atoms with E-state index >= 15 is 0 Å². The van der Waals surface area contributed by atoms with Crippen LogP contribution < -0.4 is 41.9 Å². The summed E-state index contributed by atoms with van der Waals surface area (Å²) >= 11 is 6.62. The number of amides is 4. The standard InChI is InChI=1S/2C26H27N5O3S.2C25H27N5O3S/c2*1-5-6-21(32)30-8-7-16(12-30)23-18(13-33-3)22(24-26(27)28-14-29-31(23)24)20-11-17-9-15(2)10-19(34-4)25(17)35-20;2*1-5-20(31)29-7-6-15(11-29)22-17(12-32-3)21(23-25(26)27-13-28-30(22)23)19-10-16-8-14(2)9-18(33-4)24(16)34-19/h2*9-11,14,16H,7-8,12-13H2,1-4H3,(H2,27,28,29);2*5,8-10,13,15H,1,6-7,11-12H2,2-4H3,(H2,26,27,28)/t2*16-;2*15-/m1010/s1. The molecule has 0 saturated carbocycles. The summed E-state index contributed by atoms with van der Waals surface area (Å²) < 4.78 is 57.3. The number of aryl methyl sites for hydroxylation is 4. The highest BCUT2D eigenvalue weighted by Gasteiger charge is 2.40. The van der Waals surface area contributed by atoms with Crippen molar-refractivity contribution in [3.63, 3.8) is 0 Å². The van der Waals surface area contributed by atoms with Crippen LogP contribution in [-0.2, 0) is 64.6 Å². The molecule has 16 heterocycles. The quantitative estimate of drug-likeness (QED) is 0.0362. The fraction of sp³-hybridized carbons (Fsp3) is 0.333. The molecule has 16 aromatic rings. The third-order valence-electron chi connectivity index (χ3n) is 25.8. The lowest BCUT2D eigenvalue weighted by atomic mass is 9.98. The Morgan fingerprint density at radius 2 is 0.601 bits per heavy atom. The third-order valence-corrected chi connectivity index (χ3v) is 30.5. The molecule has 0 bridgehead atoms. The van der Waals surface area contributed by atoms with Gasteiger partial charge in [0.2, 0.25) is 11.8 Å². The number of fused-ring (bicyclic) bond motifs is 8. The van der Waals surface area contributed by atoms with E-state index in [1.54, 1.807) is 126 Å². The summed E-state index contributed by atoms with van der Waals surface area (Å²) in [5.41, 5.74) is 45.3. The normalized spacial score (nSPS) is 15.8. The van der Waals surface area contributed by atoms with Gasteiger partial charge in [0.15, 0.2) is 23.3 Å². The van der Waals surface area contributed by atoms with Gasteiger partial charge in [-0.25, -0.2) is 38.0 Å². The lowest BCUT2D eigenvalue weighted by molar-refractivity contribution is -0.125. The van der Waals surface area contributed by atoms with Gasteiger partial charge >= 0.3 is 0 Å². The minimum absolute atomic E-state index is 0.0574. The molecule has 12 aromatic heterocycles. The van der Waals surface area contributed by atoms with Gasteiger partial charge in [-0.15, -0.1) is 45.3 Å². The number of carbonyl (C=O) groups excluding carboxylic acids is 4. The number of ether oxygens (including phenoxy) is 8. The first-order valence-corrected chi connectivity index (χ1v) is 48.2. The van der Waals surface area contributed by atoms with Crippen LogP contribution in [0.5, 0.6) is 23.0 Å². The molecule has 32 nitrogen and oxygen atoms in total. The molecule has 36 heteroatoms. The van der Waals surface area contributed by atoms with Crippen LogP contribution in [0.15, 0.2) is 123 Å². The van der Waals surface area contributed by atoms with E-state index in [2.05, 4.69) is 153 Å². The van der Waals surface area contributed by atoms with E-state index in [1.165, 1.54) is 37.5 Å². The summed E-state index contributed by atoms with van der Waals surface area (Å²) in [6.07, 6.45) is 11.9. The van der Waals surface area contributed by atoms with Crippen LogP contribution in [0, 0.1) is 51.4 Å². The fourth-order valence-corrected chi connectivity index (χ4v) is 24.9. The van der Waals surface area contributed by atoms with Crippen LogP contribution in [0.4, 0.5) is 23.3 Å². The highest BCUT2D eigenvalue weighted by molar-refractivity contribution is 7.24. The number of methoxy groups -OCH3 is 8. The highest BCUT2D eigenvalue weighted by Crippen LogP contribution is 2.53. The number of hydrogen-bond donors (Lipinski definition) is 4. The lowest BCUT2D eigenvalue weighted by Crippen LogP contribution is -2.27. The Morgan fingerprint density at radius 1 is 0.370 bits per heavy atom. The van der Waals surface area contributed by atoms with Crippen molar-refractivity contribution in [2.24, 2.45) is 0 Å². The van der Waals surface area contributed by atoms with Gasteiger partial charge in [-0.3, -0.25) is 19.2 Å². The molecule has 0 unspecified atom stereocenters. The maximum absolute atomic E-state index is 12.4. The van der Waals surface area contributed by atoms with Gasteiger partial charge in [0.25, 0.3) is 11.8 Å². The zero-order valence-electron chi connectivity index (χ0n) is 79.4. The molecule has 4 aliphatic rings. The summed E-state index contributed by atoms with van der Waals surface area (Å²) in [4.78, 5) is 78.0. The fourth-order valence-electron chi connectivity index (χ4n) is 20.1. The molecule has 8 N–H and O–H groups in total. The van der Waals surface area contributed by atoms with Gasteiger partial charge in [0.1, 0.15) is 70.4 Å². The zero-order valence-corrected chi connectivity index (χ0v) is 82.7. The Labute approximate surface area is 813 Å². The van der Waals surface area contributed by atoms with E-state index in [4.69, 9.17) is 60.8 Å². The van der Waals surface area contributed by atoms with Crippen LogP contribution in [0.1, 0.15) is 130 Å². The topological polar surface area (TPSA) is 380 Å². The van der Waals surface area contributed by atoms with E-state index < -0.39 is 0 Å². The van der Waals surface area contributed by atoms with Gasteiger partial charge in [-0.05, 0) is 184 Å². The summed E-state index contributed by atoms with van der Waals surface area (Å²) in [6, 6.07) is 25.5. The Kier molecular flexibility index (Phi) is 28.2. The number of rotatable bonds is 22. The number of aromatic nitrogens is 12. The molecule has 4 atom stereocenters. The van der Waals surface area contributed by atoms with Crippen LogP contribution in [-0.4, -0.2) is 211 Å². The number of hydrogen-bond acceptors (Lipinski definition) is 28. The number of nitrogens with zero attached hydrogens (tertiary/aromatic N) is 16. The number of likely N-dealkylation sites (tertiary alicyclic amines) is 4. The molecule has 4 saturated heterocycles. The number of nitrogens with two attached hydrogens (primary N) is 4. The minimum atomic E-state index is -0.148. The van der Waals surface area contributed by atoms with Crippen molar-refractivity contribution in [3.05, 3.63) is 191 Å². The van der Waals surface area contributed by atoms with Crippen molar-refractivity contribution in [1.82, 2.24) is 78.0 Å². The number of benzene rings is 4. The van der Waals surface area contributed by atoms with Crippen molar-refractivity contribution in [1.29, 1.82) is 0 Å². The SMILES string of the molecule is C=CC(=O)N1CC[C@@H](c2c(COC)c(-c3cc4cc(C)cc(OC)c4s3)c3c(N)ncnn23)C1.C=CC(=O)N1CC[C@H](c2c(COC)c(-c3cc4cc(C)cc(OC)c4s3)c3c(N)ncnn23)C1.CC#CC(=O)N1CC[C@@H](c2c(COC)c(-c3cc4cc(C)cc(OC)c4s3)c3c(N)ncnn23)C1.CC#CC(=O)N1CC[C@H](c2c(COC)c(-c3cc4cc(C)cc(OC)c4s3)c3c(N)ncnn23)C1. The van der Waals surface area contributed by atoms with Crippen LogP contribution in [0.3, 0.4) is 0 Å². The number of nitrogen functional groups attached to an aromatic ring is 4. The average Bonchev–Trinajstić information content (AvgIpc) is 1.59. The predicted octanol–water partition coefficient (Wildman–Crippen LogP) is 16.3. The molecule has 0 aliphatic carbocycles. The van der Waals surface area contributed by atoms with Gasteiger partial charge < -0.3 is 80.4 Å². The molecule has 20 rings (SSSR count). The van der Waals surface area contributed by atoms with Crippen molar-refractivity contribution < 1.29 is 57.1 Å². The molecule has 4 fully saturated rings. The minimum Gasteiger partial charge on any atom is -0.495 e. The summed E-state index contributed by atoms with van der Waals surface area (Å²) in [5.74, 6) is 15.7. The second-order valence-corrected chi connectivity index (χ2v) is 38.7. The van der Waals surface area contributed by atoms with Crippen molar-refractivity contribution in [3.8, 4) is 88.4 Å². The summed E-state index contributed by atoms with van der Waals surface area (Å²) in [6.45, 7) is 25.4. The monoisotopic (exact) mass is 1930 g/mol. The third kappa shape index (κ3) is 17.9. The van der Waals surface area contributed by atoms with Crippen LogP contribution in [0.25, 0.3) is 104 Å². The second-order valence-electron chi connectivity index (χ2n) is 34.5. The molecule has 4 amide bonds. The predicted molar refractivity (Wildman–Crippen MR) is 544 cm³/mol. The molecule has 712 valence electrons. The van der Waals surface area contributed by atoms with Crippen molar-refractivity contribution >= 4 is 155 Å². The van der Waals surface area contributed by atoms with Crippen molar-refractivity contribution in [2.75, 3.05) is 132 Å². The van der Waals surface area contributed by atoms with E-state index in [9.17, 15) is 19.2 Å². The smallest absolute Gasteiger partial charge is 0.298 e. The first-order valence-electron chi connectivity index (χ1n) is 45.0. The number of carbonyl (C=O) groups is 4. The zero-order chi connectivity index (χ0) is 97.3. The van der Waals surface area contributed by atoms with E-state index in [0.717, 1.165) is 220 Å². The Balaban J connectivity index is 0.000000127. The molecule has 4 aliphatic heterocycles. The summed E-state index contributed by atoms with van der Waals surface area (Å²) in [7, 11) is 13.5. The number of thiophene rings is 4. The average molecular weight is 1930 g/mol. The maximum Gasteiger partial charge on any atom is 0.298 e. The second kappa shape index (κ2) is 40.7. The molecule has 4 aromatic carbocycles. The van der Waals surface area contributed by atoms with E-state index in [0.29, 0.717) is 102 Å². The van der Waals surface area contributed by atoms with Gasteiger partial charge in [0, 0.05) is 168 Å². The first-order chi connectivity index (χ1) is 66.8. The van der Waals surface area contributed by atoms with E-state index in [1.807, 2.05) is 52.1 Å². The van der Waals surface area contributed by atoms with Crippen LogP contribution in [0.2, 0.25) is 0 Å². The Hall–Kier alpha value is -14.1. The molecule has 138 heavy (non-hydrogen) atoms. The number of anilines is 4. The molecular weight excluding hydrogens is 1830 g/mol. The van der Waals surface area contributed by atoms with Crippen molar-refractivity contribution in [2.45, 2.75) is 117 Å². The molecular formula is C102H108N20O12S4. The Morgan fingerprint density at radius 3 is 0.819 bits per heavy atom. The van der Waals surface area contributed by atoms with Crippen LogP contribution >= 0.6 is 45.3 Å². The van der Waals surface area contributed by atoms with Gasteiger partial charge in [0.05, 0.1) is 96.4 Å². The van der Waals surface area contributed by atoms with Gasteiger partial charge in [-0.2, -0.15) is 20.4 Å². The molecule has 0 spiro atoms. The summed E-state index contributed by atoms with van der Waals surface area (Å²) in [5, 5.41) is 22.8. The largest absolute Gasteiger partial charge is 0.495 e. The van der Waals surface area contributed by atoms with Gasteiger partial charge in [-0.1, -0.05) is 49.3 Å². The highest BCUT2D eigenvalue weighted by atomic mass is 32.1. The lowest BCUT2D eigenvalue weighted by Gasteiger charge is -2.15.